The zero-order chi connectivity index (χ0) is 15.0. The normalized spacial score (nSPS) is 11.4. The Labute approximate surface area is 117 Å². The number of imide groups is 1. The van der Waals surface area contributed by atoms with E-state index in [0.717, 1.165) is 5.56 Å². The number of carboxylic acid groups (broad SMARTS) is 1. The van der Waals surface area contributed by atoms with Gasteiger partial charge in [0.1, 0.15) is 0 Å². The summed E-state index contributed by atoms with van der Waals surface area (Å²) in [6, 6.07) is 9.06. The van der Waals surface area contributed by atoms with Crippen LogP contribution in [0.25, 0.3) is 0 Å². The molecule has 0 bridgehead atoms. The lowest BCUT2D eigenvalue weighted by molar-refractivity contribution is -0.138. The van der Waals surface area contributed by atoms with E-state index in [2.05, 4.69) is 10.6 Å². The molecule has 0 fully saturated rings. The Hall–Kier alpha value is -2.37. The number of amides is 3. The first-order chi connectivity index (χ1) is 9.49. The zero-order valence-electron chi connectivity index (χ0n) is 11.3. The van der Waals surface area contributed by atoms with Gasteiger partial charge in [-0.1, -0.05) is 37.3 Å². The minimum atomic E-state index is -1.07. The fraction of sp³-hybridized carbons (Fsp3) is 0.357. The van der Waals surface area contributed by atoms with Crippen molar-refractivity contribution in [2.75, 3.05) is 6.54 Å². The maximum absolute atomic E-state index is 11.4. The van der Waals surface area contributed by atoms with Crippen molar-refractivity contribution < 1.29 is 19.5 Å². The molecule has 20 heavy (non-hydrogen) atoms. The van der Waals surface area contributed by atoms with Crippen LogP contribution in [0.3, 0.4) is 0 Å². The number of carboxylic acids is 1. The van der Waals surface area contributed by atoms with Crippen molar-refractivity contribution in [3.05, 3.63) is 35.9 Å². The average Bonchev–Trinajstić information content (AvgIpc) is 2.43. The number of hydrogen-bond acceptors (Lipinski definition) is 3. The Morgan fingerprint density at radius 2 is 1.80 bits per heavy atom. The molecule has 0 aromatic heterocycles. The Kier molecular flexibility index (Phi) is 6.22. The van der Waals surface area contributed by atoms with E-state index in [0.29, 0.717) is 6.54 Å². The molecule has 0 saturated heterocycles. The summed E-state index contributed by atoms with van der Waals surface area (Å²) in [4.78, 5) is 33.0. The lowest BCUT2D eigenvalue weighted by Gasteiger charge is -2.13. The van der Waals surface area contributed by atoms with Gasteiger partial charge in [0, 0.05) is 13.0 Å². The van der Waals surface area contributed by atoms with Crippen LogP contribution in [0.15, 0.2) is 30.3 Å². The number of benzene rings is 1. The van der Waals surface area contributed by atoms with Gasteiger partial charge in [-0.05, 0) is 11.5 Å². The minimum Gasteiger partial charge on any atom is -0.481 e. The second kappa shape index (κ2) is 7.93. The van der Waals surface area contributed by atoms with Crippen LogP contribution in [0.4, 0.5) is 4.79 Å². The molecule has 0 heterocycles. The second-order valence-electron chi connectivity index (χ2n) is 4.46. The fourth-order valence-electron chi connectivity index (χ4n) is 1.60. The van der Waals surface area contributed by atoms with E-state index in [9.17, 15) is 14.4 Å². The third-order valence-corrected chi connectivity index (χ3v) is 2.76. The van der Waals surface area contributed by atoms with Crippen molar-refractivity contribution in [3.8, 4) is 0 Å². The summed E-state index contributed by atoms with van der Waals surface area (Å²) in [7, 11) is 0. The summed E-state index contributed by atoms with van der Waals surface area (Å²) in [6.07, 6.45) is -0.503. The monoisotopic (exact) mass is 278 g/mol. The van der Waals surface area contributed by atoms with Crippen LogP contribution in [0.5, 0.6) is 0 Å². The summed E-state index contributed by atoms with van der Waals surface area (Å²) < 4.78 is 0. The smallest absolute Gasteiger partial charge is 0.321 e. The zero-order valence-corrected chi connectivity index (χ0v) is 11.3. The van der Waals surface area contributed by atoms with Gasteiger partial charge in [0.05, 0.1) is 6.42 Å². The van der Waals surface area contributed by atoms with Gasteiger partial charge >= 0.3 is 12.0 Å². The number of carbonyl (C=O) groups is 3. The van der Waals surface area contributed by atoms with Crippen LogP contribution in [0.1, 0.15) is 31.2 Å². The molecule has 3 amide bonds. The van der Waals surface area contributed by atoms with Gasteiger partial charge in [0.15, 0.2) is 0 Å². The Morgan fingerprint density at radius 1 is 1.15 bits per heavy atom. The first-order valence-corrected chi connectivity index (χ1v) is 6.33. The minimum absolute atomic E-state index is 0.121. The van der Waals surface area contributed by atoms with Crippen LogP contribution in [-0.2, 0) is 9.59 Å². The van der Waals surface area contributed by atoms with Crippen molar-refractivity contribution in [2.24, 2.45) is 0 Å². The molecule has 0 aliphatic heterocycles. The predicted octanol–water partition coefficient (Wildman–Crippen LogP) is 1.48. The highest BCUT2D eigenvalue weighted by Crippen LogP contribution is 2.12. The molecular formula is C14H18N2O4. The van der Waals surface area contributed by atoms with Crippen LogP contribution >= 0.6 is 0 Å². The first kappa shape index (κ1) is 15.7. The predicted molar refractivity (Wildman–Crippen MR) is 73.3 cm³/mol. The summed E-state index contributed by atoms with van der Waals surface area (Å²) in [6.45, 7) is 2.35. The van der Waals surface area contributed by atoms with Gasteiger partial charge in [-0.25, -0.2) is 4.79 Å². The highest BCUT2D eigenvalue weighted by atomic mass is 16.4. The van der Waals surface area contributed by atoms with Crippen LogP contribution in [0, 0.1) is 0 Å². The van der Waals surface area contributed by atoms with Gasteiger partial charge in [-0.15, -0.1) is 0 Å². The molecule has 0 radical (unpaired) electrons. The van der Waals surface area contributed by atoms with E-state index in [-0.39, 0.29) is 18.8 Å². The van der Waals surface area contributed by atoms with Crippen molar-refractivity contribution in [2.45, 2.75) is 25.7 Å². The number of carbonyl (C=O) groups excluding carboxylic acids is 2. The highest BCUT2D eigenvalue weighted by molar-refractivity contribution is 5.95. The fourth-order valence-corrected chi connectivity index (χ4v) is 1.60. The molecular weight excluding hydrogens is 260 g/mol. The van der Waals surface area contributed by atoms with Crippen LogP contribution in [-0.4, -0.2) is 29.6 Å². The lowest BCUT2D eigenvalue weighted by Crippen LogP contribution is -2.40. The molecule has 1 aromatic carbocycles. The standard InChI is InChI=1S/C14H18N2O4/c1-10(11-5-3-2-4-6-11)9-15-14(20)16-12(17)7-8-13(18)19/h2-6,10H,7-9H2,1H3,(H,18,19)(H2,15,16,17,20). The van der Waals surface area contributed by atoms with Crippen molar-refractivity contribution in [1.82, 2.24) is 10.6 Å². The third-order valence-electron chi connectivity index (χ3n) is 2.76. The van der Waals surface area contributed by atoms with E-state index in [4.69, 9.17) is 5.11 Å². The SMILES string of the molecule is CC(CNC(=O)NC(=O)CCC(=O)O)c1ccccc1. The Morgan fingerprint density at radius 3 is 2.40 bits per heavy atom. The molecule has 0 aliphatic rings. The van der Waals surface area contributed by atoms with Gasteiger partial charge in [-0.2, -0.15) is 0 Å². The summed E-state index contributed by atoms with van der Waals surface area (Å²) >= 11 is 0. The van der Waals surface area contributed by atoms with E-state index in [1.807, 2.05) is 37.3 Å². The Balaban J connectivity index is 2.29. The van der Waals surface area contributed by atoms with E-state index >= 15 is 0 Å². The first-order valence-electron chi connectivity index (χ1n) is 6.33. The van der Waals surface area contributed by atoms with Crippen LogP contribution in [0.2, 0.25) is 0 Å². The largest absolute Gasteiger partial charge is 0.481 e. The van der Waals surface area contributed by atoms with Gasteiger partial charge in [-0.3, -0.25) is 14.9 Å². The van der Waals surface area contributed by atoms with Gasteiger partial charge < -0.3 is 10.4 Å². The molecule has 1 rings (SSSR count). The molecule has 1 atom stereocenters. The molecule has 0 aliphatic carbocycles. The number of aliphatic carboxylic acids is 1. The molecule has 3 N–H and O–H groups in total. The highest BCUT2D eigenvalue weighted by Gasteiger charge is 2.11. The lowest BCUT2D eigenvalue weighted by atomic mass is 10.0. The molecule has 0 spiro atoms. The van der Waals surface area contributed by atoms with Gasteiger partial charge in [0.2, 0.25) is 5.91 Å². The number of nitrogens with one attached hydrogen (secondary N) is 2. The second-order valence-corrected chi connectivity index (χ2v) is 4.46. The van der Waals surface area contributed by atoms with Crippen LogP contribution < -0.4 is 10.6 Å². The molecule has 0 saturated carbocycles. The third kappa shape index (κ3) is 5.99. The molecule has 1 unspecified atom stereocenters. The molecule has 6 nitrogen and oxygen atoms in total. The average molecular weight is 278 g/mol. The quantitative estimate of drug-likeness (QED) is 0.734. The molecule has 108 valence electrons. The van der Waals surface area contributed by atoms with Crippen molar-refractivity contribution in [1.29, 1.82) is 0 Å². The summed E-state index contributed by atoms with van der Waals surface area (Å²) in [5, 5.41) is 13.1. The van der Waals surface area contributed by atoms with Crippen molar-refractivity contribution >= 4 is 17.9 Å². The number of hydrogen-bond donors (Lipinski definition) is 3. The maximum atomic E-state index is 11.4. The number of rotatable bonds is 6. The maximum Gasteiger partial charge on any atom is 0.321 e. The summed E-state index contributed by atoms with van der Waals surface area (Å²) in [5.74, 6) is -1.55. The summed E-state index contributed by atoms with van der Waals surface area (Å²) in [5.41, 5.74) is 1.09. The Bertz CT molecular complexity index is 473. The number of urea groups is 1. The van der Waals surface area contributed by atoms with E-state index in [1.165, 1.54) is 0 Å². The van der Waals surface area contributed by atoms with Gasteiger partial charge in [0.25, 0.3) is 0 Å². The molecule has 6 heteroatoms. The topological polar surface area (TPSA) is 95.5 Å². The van der Waals surface area contributed by atoms with E-state index in [1.54, 1.807) is 0 Å². The molecule has 1 aromatic rings. The van der Waals surface area contributed by atoms with E-state index < -0.39 is 17.9 Å². The van der Waals surface area contributed by atoms with Crippen molar-refractivity contribution in [3.63, 3.8) is 0 Å².